The van der Waals surface area contributed by atoms with E-state index in [9.17, 15) is 13.2 Å². The van der Waals surface area contributed by atoms with Gasteiger partial charge in [-0.25, -0.2) is 4.98 Å². The highest BCUT2D eigenvalue weighted by Gasteiger charge is 2.53. The predicted molar refractivity (Wildman–Crippen MR) is 71.5 cm³/mol. The molecule has 0 saturated carbocycles. The van der Waals surface area contributed by atoms with Crippen molar-refractivity contribution < 1.29 is 27.2 Å². The zero-order valence-electron chi connectivity index (χ0n) is 12.5. The van der Waals surface area contributed by atoms with Crippen molar-refractivity contribution >= 4 is 12.6 Å². The van der Waals surface area contributed by atoms with E-state index in [2.05, 4.69) is 4.98 Å². The first-order valence-corrected chi connectivity index (χ1v) is 6.45. The Morgan fingerprint density at radius 1 is 1.14 bits per heavy atom. The first kappa shape index (κ1) is 16.1. The standard InChI is InChI=1S/C13H17BF3NO3/c1-11(2)12(3,4)21-14(20-11)8-6-10(13(15,16)17)18-7-9(8)19-5/h6-7H,1-5H3. The van der Waals surface area contributed by atoms with Crippen LogP contribution in [0.15, 0.2) is 12.3 Å². The summed E-state index contributed by atoms with van der Waals surface area (Å²) in [4.78, 5) is 3.36. The maximum atomic E-state index is 12.8. The average molecular weight is 303 g/mol. The van der Waals surface area contributed by atoms with Crippen LogP contribution < -0.4 is 10.2 Å². The third kappa shape index (κ3) is 2.87. The van der Waals surface area contributed by atoms with Crippen molar-refractivity contribution in [3.63, 3.8) is 0 Å². The van der Waals surface area contributed by atoms with Gasteiger partial charge in [-0.3, -0.25) is 0 Å². The van der Waals surface area contributed by atoms with Crippen LogP contribution in [0.5, 0.6) is 5.75 Å². The molecule has 0 spiro atoms. The largest absolute Gasteiger partial charge is 0.498 e. The van der Waals surface area contributed by atoms with Gasteiger partial charge in [-0.1, -0.05) is 0 Å². The van der Waals surface area contributed by atoms with Crippen LogP contribution in [0.25, 0.3) is 0 Å². The minimum absolute atomic E-state index is 0.179. The van der Waals surface area contributed by atoms with Gasteiger partial charge in [0.1, 0.15) is 11.4 Å². The predicted octanol–water partition coefficient (Wildman–Crippen LogP) is 2.41. The molecule has 2 rings (SSSR count). The molecule has 2 heterocycles. The van der Waals surface area contributed by atoms with Crippen molar-refractivity contribution in [1.29, 1.82) is 0 Å². The summed E-state index contributed by atoms with van der Waals surface area (Å²) in [6.07, 6.45) is -3.51. The molecule has 0 N–H and O–H groups in total. The fourth-order valence-electron chi connectivity index (χ4n) is 1.94. The Balaban J connectivity index is 2.44. The molecular weight excluding hydrogens is 286 g/mol. The zero-order chi connectivity index (χ0) is 16.1. The average Bonchev–Trinajstić information content (AvgIpc) is 2.56. The highest BCUT2D eigenvalue weighted by atomic mass is 19.4. The third-order valence-corrected chi connectivity index (χ3v) is 3.92. The molecule has 0 amide bonds. The number of methoxy groups -OCH3 is 1. The molecule has 1 fully saturated rings. The van der Waals surface area contributed by atoms with Crippen LogP contribution in [0.3, 0.4) is 0 Å². The first-order chi connectivity index (χ1) is 9.48. The third-order valence-electron chi connectivity index (χ3n) is 3.92. The molecule has 0 aromatic carbocycles. The molecule has 4 nitrogen and oxygen atoms in total. The number of nitrogens with zero attached hydrogens (tertiary/aromatic N) is 1. The summed E-state index contributed by atoms with van der Waals surface area (Å²) in [6, 6.07) is 0.904. The van der Waals surface area contributed by atoms with Gasteiger partial charge < -0.3 is 14.0 Å². The van der Waals surface area contributed by atoms with Gasteiger partial charge in [-0.15, -0.1) is 0 Å². The van der Waals surface area contributed by atoms with E-state index in [1.807, 2.05) is 27.7 Å². The minimum Gasteiger partial charge on any atom is -0.496 e. The molecule has 0 atom stereocenters. The molecule has 21 heavy (non-hydrogen) atoms. The van der Waals surface area contributed by atoms with Crippen LogP contribution in [0.1, 0.15) is 33.4 Å². The van der Waals surface area contributed by atoms with E-state index in [4.69, 9.17) is 14.0 Å². The van der Waals surface area contributed by atoms with E-state index in [1.165, 1.54) is 7.11 Å². The van der Waals surface area contributed by atoms with Gasteiger partial charge >= 0.3 is 13.3 Å². The summed E-state index contributed by atoms with van der Waals surface area (Å²) < 4.78 is 55.0. The van der Waals surface area contributed by atoms with Gasteiger partial charge in [0.05, 0.1) is 24.5 Å². The van der Waals surface area contributed by atoms with E-state index < -0.39 is 30.2 Å². The number of hydrogen-bond acceptors (Lipinski definition) is 4. The summed E-state index contributed by atoms with van der Waals surface area (Å²) in [5.74, 6) is 0.196. The Bertz CT molecular complexity index is 530. The first-order valence-electron chi connectivity index (χ1n) is 6.45. The van der Waals surface area contributed by atoms with E-state index in [0.29, 0.717) is 0 Å². The summed E-state index contributed by atoms with van der Waals surface area (Å²) in [5.41, 5.74) is -2.12. The van der Waals surface area contributed by atoms with Crippen molar-refractivity contribution in [1.82, 2.24) is 4.98 Å². The lowest BCUT2D eigenvalue weighted by molar-refractivity contribution is -0.141. The van der Waals surface area contributed by atoms with Gasteiger partial charge in [0.15, 0.2) is 0 Å². The molecule has 0 aliphatic carbocycles. The SMILES string of the molecule is COc1cnc(C(F)(F)F)cc1B1OC(C)(C)C(C)(C)O1. The summed E-state index contributed by atoms with van der Waals surface area (Å²) in [6.45, 7) is 7.30. The van der Waals surface area contributed by atoms with Crippen LogP contribution in [-0.2, 0) is 15.5 Å². The lowest BCUT2D eigenvalue weighted by Crippen LogP contribution is -2.41. The number of pyridine rings is 1. The molecule has 1 aliphatic heterocycles. The number of hydrogen-bond donors (Lipinski definition) is 0. The number of ether oxygens (including phenoxy) is 1. The Labute approximate surface area is 121 Å². The molecule has 1 aromatic rings. The fraction of sp³-hybridized carbons (Fsp3) is 0.615. The van der Waals surface area contributed by atoms with Gasteiger partial charge in [0.25, 0.3) is 0 Å². The molecule has 8 heteroatoms. The van der Waals surface area contributed by atoms with Crippen molar-refractivity contribution in [3.05, 3.63) is 18.0 Å². The van der Waals surface area contributed by atoms with Crippen LogP contribution >= 0.6 is 0 Å². The van der Waals surface area contributed by atoms with E-state index in [-0.39, 0.29) is 11.2 Å². The number of rotatable bonds is 2. The lowest BCUT2D eigenvalue weighted by Gasteiger charge is -2.32. The second-order valence-electron chi connectivity index (χ2n) is 5.90. The number of halogens is 3. The second-order valence-corrected chi connectivity index (χ2v) is 5.90. The molecule has 1 aliphatic rings. The van der Waals surface area contributed by atoms with Crippen molar-refractivity contribution in [2.45, 2.75) is 45.1 Å². The normalized spacial score (nSPS) is 20.7. The van der Waals surface area contributed by atoms with Crippen molar-refractivity contribution in [2.24, 2.45) is 0 Å². The fourth-order valence-corrected chi connectivity index (χ4v) is 1.94. The molecule has 0 unspecified atom stereocenters. The monoisotopic (exact) mass is 303 g/mol. The topological polar surface area (TPSA) is 40.6 Å². The molecule has 116 valence electrons. The van der Waals surface area contributed by atoms with Crippen LogP contribution in [0.2, 0.25) is 0 Å². The Hall–Kier alpha value is -1.28. The van der Waals surface area contributed by atoms with Gasteiger partial charge in [0, 0.05) is 5.46 Å². The van der Waals surface area contributed by atoms with E-state index in [1.54, 1.807) is 0 Å². The van der Waals surface area contributed by atoms with Crippen molar-refractivity contribution in [3.8, 4) is 5.75 Å². The second kappa shape index (κ2) is 4.88. The summed E-state index contributed by atoms with van der Waals surface area (Å²) in [7, 11) is 0.424. The summed E-state index contributed by atoms with van der Waals surface area (Å²) in [5, 5.41) is 0. The molecule has 1 saturated heterocycles. The highest BCUT2D eigenvalue weighted by molar-refractivity contribution is 6.63. The zero-order valence-corrected chi connectivity index (χ0v) is 12.5. The minimum atomic E-state index is -4.54. The van der Waals surface area contributed by atoms with Crippen molar-refractivity contribution in [2.75, 3.05) is 7.11 Å². The van der Waals surface area contributed by atoms with Gasteiger partial charge in [-0.2, -0.15) is 13.2 Å². The molecule has 1 aromatic heterocycles. The maximum Gasteiger partial charge on any atom is 0.498 e. The molecule has 0 bridgehead atoms. The molecule has 0 radical (unpaired) electrons. The van der Waals surface area contributed by atoms with E-state index in [0.717, 1.165) is 12.3 Å². The highest BCUT2D eigenvalue weighted by Crippen LogP contribution is 2.37. The smallest absolute Gasteiger partial charge is 0.496 e. The Morgan fingerprint density at radius 2 is 1.67 bits per heavy atom. The van der Waals surface area contributed by atoms with Gasteiger partial charge in [0.2, 0.25) is 0 Å². The Morgan fingerprint density at radius 3 is 2.10 bits per heavy atom. The molecular formula is C13H17BF3NO3. The maximum absolute atomic E-state index is 12.8. The van der Waals surface area contributed by atoms with Crippen LogP contribution in [0, 0.1) is 0 Å². The number of aromatic nitrogens is 1. The lowest BCUT2D eigenvalue weighted by atomic mass is 9.78. The Kier molecular flexibility index (Phi) is 3.74. The van der Waals surface area contributed by atoms with E-state index >= 15 is 0 Å². The van der Waals surface area contributed by atoms with Gasteiger partial charge in [-0.05, 0) is 33.8 Å². The quantitative estimate of drug-likeness (QED) is 0.787. The summed E-state index contributed by atoms with van der Waals surface area (Å²) >= 11 is 0. The van der Waals surface area contributed by atoms with Crippen LogP contribution in [0.4, 0.5) is 13.2 Å². The van der Waals surface area contributed by atoms with Crippen LogP contribution in [-0.4, -0.2) is 30.4 Å². The number of alkyl halides is 3.